The van der Waals surface area contributed by atoms with E-state index in [1.165, 1.54) is 0 Å². The van der Waals surface area contributed by atoms with Crippen molar-refractivity contribution in [1.82, 2.24) is 20.1 Å². The zero-order valence-electron chi connectivity index (χ0n) is 14.8. The number of ether oxygens (including phenoxy) is 1. The molecule has 1 fully saturated rings. The molecule has 3 heterocycles. The molecule has 1 saturated heterocycles. The molecule has 0 atom stereocenters. The second-order valence-electron chi connectivity index (χ2n) is 6.49. The highest BCUT2D eigenvalue weighted by Crippen LogP contribution is 2.29. The maximum absolute atomic E-state index is 13.1. The number of para-hydroxylation sites is 1. The predicted molar refractivity (Wildman–Crippen MR) is 102 cm³/mol. The van der Waals surface area contributed by atoms with Gasteiger partial charge in [0.1, 0.15) is 11.3 Å². The van der Waals surface area contributed by atoms with Gasteiger partial charge in [-0.25, -0.2) is 4.98 Å². The molecule has 0 unspecified atom stereocenters. The number of anilines is 1. The lowest BCUT2D eigenvalue weighted by molar-refractivity contribution is -0.126. The largest absolute Gasteiger partial charge is 0.439 e. The van der Waals surface area contributed by atoms with E-state index in [0.29, 0.717) is 30.2 Å². The van der Waals surface area contributed by atoms with Crippen LogP contribution in [0.5, 0.6) is 11.6 Å². The molecule has 1 aliphatic heterocycles. The summed E-state index contributed by atoms with van der Waals surface area (Å²) in [4.78, 5) is 17.4. The van der Waals surface area contributed by atoms with Crippen molar-refractivity contribution in [3.8, 4) is 11.6 Å². The number of hydrogen-bond donors (Lipinski definition) is 2. The second kappa shape index (κ2) is 7.59. The third kappa shape index (κ3) is 3.68. The summed E-state index contributed by atoms with van der Waals surface area (Å²) in [7, 11) is 0. The minimum Gasteiger partial charge on any atom is -0.439 e. The Hall–Kier alpha value is -3.19. The van der Waals surface area contributed by atoms with Gasteiger partial charge in [-0.1, -0.05) is 18.2 Å². The number of pyridine rings is 1. The number of nitrogens with one attached hydrogen (secondary N) is 2. The average molecular weight is 363 g/mol. The smallest absolute Gasteiger partial charge is 0.252 e. The van der Waals surface area contributed by atoms with E-state index in [9.17, 15) is 4.79 Å². The van der Waals surface area contributed by atoms with Gasteiger partial charge in [0.25, 0.3) is 5.91 Å². The van der Waals surface area contributed by atoms with Crippen LogP contribution in [0.2, 0.25) is 0 Å². The van der Waals surface area contributed by atoms with Crippen LogP contribution in [0, 0.1) is 0 Å². The van der Waals surface area contributed by atoms with Crippen molar-refractivity contribution in [3.05, 3.63) is 67.1 Å². The predicted octanol–water partition coefficient (Wildman–Crippen LogP) is 2.79. The Morgan fingerprint density at radius 1 is 1.11 bits per heavy atom. The van der Waals surface area contributed by atoms with Gasteiger partial charge in [0.2, 0.25) is 5.88 Å². The van der Waals surface area contributed by atoms with Crippen molar-refractivity contribution in [3.63, 3.8) is 0 Å². The van der Waals surface area contributed by atoms with Gasteiger partial charge in [0.15, 0.2) is 0 Å². The lowest BCUT2D eigenvalue weighted by Gasteiger charge is -2.36. The Morgan fingerprint density at radius 2 is 1.93 bits per heavy atom. The summed E-state index contributed by atoms with van der Waals surface area (Å²) in [6, 6.07) is 14.8. The van der Waals surface area contributed by atoms with E-state index in [4.69, 9.17) is 4.74 Å². The quantitative estimate of drug-likeness (QED) is 0.729. The van der Waals surface area contributed by atoms with E-state index < -0.39 is 5.54 Å². The molecule has 1 aliphatic rings. The molecule has 0 saturated carbocycles. The van der Waals surface area contributed by atoms with Crippen LogP contribution in [0.25, 0.3) is 0 Å². The van der Waals surface area contributed by atoms with Crippen LogP contribution in [-0.2, 0) is 10.3 Å². The number of rotatable bonds is 5. The molecule has 7 nitrogen and oxygen atoms in total. The summed E-state index contributed by atoms with van der Waals surface area (Å²) in [6.45, 7) is 1.55. The van der Waals surface area contributed by atoms with E-state index in [0.717, 1.165) is 13.1 Å². The lowest BCUT2D eigenvalue weighted by atomic mass is 9.87. The molecule has 1 amide bonds. The Balaban J connectivity index is 1.48. The molecule has 1 aromatic carbocycles. The first-order valence-electron chi connectivity index (χ1n) is 8.98. The molecule has 2 N–H and O–H groups in total. The van der Waals surface area contributed by atoms with Crippen LogP contribution in [0.1, 0.15) is 12.8 Å². The minimum absolute atomic E-state index is 0.0776. The first-order valence-corrected chi connectivity index (χ1v) is 8.98. The molecule has 0 spiro atoms. The molecule has 2 aromatic heterocycles. The SMILES string of the molecule is O=C(Nc1ccc(Oc2ccccc2)nc1)C1(n2cccn2)CCNCC1. The highest BCUT2D eigenvalue weighted by Gasteiger charge is 2.42. The topological polar surface area (TPSA) is 81.1 Å². The van der Waals surface area contributed by atoms with Crippen molar-refractivity contribution < 1.29 is 9.53 Å². The van der Waals surface area contributed by atoms with Gasteiger partial charge in [-0.05, 0) is 50.2 Å². The Labute approximate surface area is 157 Å². The summed E-state index contributed by atoms with van der Waals surface area (Å²) < 4.78 is 7.45. The Bertz CT molecular complexity index is 873. The summed E-state index contributed by atoms with van der Waals surface area (Å²) in [5, 5.41) is 10.6. The zero-order chi connectivity index (χ0) is 18.5. The van der Waals surface area contributed by atoms with E-state index in [2.05, 4.69) is 20.7 Å². The van der Waals surface area contributed by atoms with Crippen LogP contribution in [0.15, 0.2) is 67.1 Å². The Morgan fingerprint density at radius 3 is 2.59 bits per heavy atom. The third-order valence-electron chi connectivity index (χ3n) is 4.76. The van der Waals surface area contributed by atoms with E-state index in [1.807, 2.05) is 42.6 Å². The second-order valence-corrected chi connectivity index (χ2v) is 6.49. The maximum Gasteiger partial charge on any atom is 0.252 e. The summed E-state index contributed by atoms with van der Waals surface area (Å²) in [5.74, 6) is 1.11. The fourth-order valence-electron chi connectivity index (χ4n) is 3.29. The number of hydrogen-bond acceptors (Lipinski definition) is 5. The number of benzene rings is 1. The molecular weight excluding hydrogens is 342 g/mol. The maximum atomic E-state index is 13.1. The van der Waals surface area contributed by atoms with Gasteiger partial charge >= 0.3 is 0 Å². The van der Waals surface area contributed by atoms with Crippen molar-refractivity contribution in [2.45, 2.75) is 18.4 Å². The van der Waals surface area contributed by atoms with Crippen molar-refractivity contribution in [2.75, 3.05) is 18.4 Å². The first-order chi connectivity index (χ1) is 13.3. The zero-order valence-corrected chi connectivity index (χ0v) is 14.8. The van der Waals surface area contributed by atoms with Crippen molar-refractivity contribution in [1.29, 1.82) is 0 Å². The van der Waals surface area contributed by atoms with Crippen molar-refractivity contribution in [2.24, 2.45) is 0 Å². The summed E-state index contributed by atoms with van der Waals surface area (Å²) >= 11 is 0. The molecule has 27 heavy (non-hydrogen) atoms. The standard InChI is InChI=1S/C20H21N5O2/c26-19(20(9-12-21-13-10-20)25-14-4-11-23-25)24-16-7-8-18(22-15-16)27-17-5-2-1-3-6-17/h1-8,11,14-15,21H,9-10,12-13H2,(H,24,26). The highest BCUT2D eigenvalue weighted by atomic mass is 16.5. The van der Waals surface area contributed by atoms with Crippen LogP contribution >= 0.6 is 0 Å². The van der Waals surface area contributed by atoms with Gasteiger partial charge in [0, 0.05) is 18.5 Å². The molecule has 3 aromatic rings. The van der Waals surface area contributed by atoms with Gasteiger partial charge < -0.3 is 15.4 Å². The van der Waals surface area contributed by atoms with Crippen LogP contribution in [0.3, 0.4) is 0 Å². The number of aromatic nitrogens is 3. The summed E-state index contributed by atoms with van der Waals surface area (Å²) in [6.07, 6.45) is 6.52. The fourth-order valence-corrected chi connectivity index (χ4v) is 3.29. The van der Waals surface area contributed by atoms with Crippen LogP contribution in [-0.4, -0.2) is 33.8 Å². The molecule has 4 rings (SSSR count). The molecular formula is C20H21N5O2. The normalized spacial score (nSPS) is 15.9. The van der Waals surface area contributed by atoms with Crippen LogP contribution < -0.4 is 15.4 Å². The molecule has 7 heteroatoms. The number of piperidine rings is 1. The van der Waals surface area contributed by atoms with Gasteiger partial charge in [-0.15, -0.1) is 0 Å². The highest BCUT2D eigenvalue weighted by molar-refractivity contribution is 5.96. The third-order valence-corrected chi connectivity index (χ3v) is 4.76. The number of carbonyl (C=O) groups is 1. The number of nitrogens with zero attached hydrogens (tertiary/aromatic N) is 3. The van der Waals surface area contributed by atoms with Gasteiger partial charge in [-0.2, -0.15) is 5.10 Å². The fraction of sp³-hybridized carbons (Fsp3) is 0.250. The van der Waals surface area contributed by atoms with E-state index in [1.54, 1.807) is 29.2 Å². The minimum atomic E-state index is -0.687. The summed E-state index contributed by atoms with van der Waals surface area (Å²) in [5.41, 5.74) is -0.0565. The van der Waals surface area contributed by atoms with E-state index in [-0.39, 0.29) is 5.91 Å². The molecule has 0 bridgehead atoms. The van der Waals surface area contributed by atoms with Crippen molar-refractivity contribution >= 4 is 11.6 Å². The molecule has 0 radical (unpaired) electrons. The monoisotopic (exact) mass is 363 g/mol. The molecule has 0 aliphatic carbocycles. The number of amides is 1. The van der Waals surface area contributed by atoms with Crippen LogP contribution in [0.4, 0.5) is 5.69 Å². The first kappa shape index (κ1) is 17.2. The molecule has 138 valence electrons. The number of carbonyl (C=O) groups excluding carboxylic acids is 1. The lowest BCUT2D eigenvalue weighted by Crippen LogP contribution is -2.52. The van der Waals surface area contributed by atoms with Gasteiger partial charge in [-0.3, -0.25) is 9.48 Å². The van der Waals surface area contributed by atoms with Gasteiger partial charge in [0.05, 0.1) is 11.9 Å². The Kier molecular flexibility index (Phi) is 4.84. The average Bonchev–Trinajstić information content (AvgIpc) is 3.26. The van der Waals surface area contributed by atoms with E-state index >= 15 is 0 Å².